The number of fused-ring (bicyclic) bond motifs is 1. The van der Waals surface area contributed by atoms with Crippen LogP contribution in [-0.2, 0) is 30.1 Å². The summed E-state index contributed by atoms with van der Waals surface area (Å²) in [5, 5.41) is 3.11. The van der Waals surface area contributed by atoms with Gasteiger partial charge in [-0.15, -0.1) is 0 Å². The molecule has 1 unspecified atom stereocenters. The minimum atomic E-state index is -4.36. The molecule has 6 nitrogen and oxygen atoms in total. The topological polar surface area (TPSA) is 54.0 Å². The van der Waals surface area contributed by atoms with Gasteiger partial charge in [0, 0.05) is 69.8 Å². The highest BCUT2D eigenvalue weighted by atomic mass is 19.4. The summed E-state index contributed by atoms with van der Waals surface area (Å²) in [7, 11) is 0. The number of amides is 1. The number of carbonyl (C=O) groups is 1. The SMILES string of the molecule is O=C(NC1CCN(Cc2ccc(C(F)(F)F)cc2)CC1)C1Cc2ccc(OC3CCN(c4ccc(C(F)(F)F)cc4)CC3)cc2O1. The summed E-state index contributed by atoms with van der Waals surface area (Å²) in [4.78, 5) is 17.3. The fourth-order valence-electron chi connectivity index (χ4n) is 6.30. The maximum Gasteiger partial charge on any atom is 0.416 e. The Morgan fingerprint density at radius 1 is 0.804 bits per heavy atom. The van der Waals surface area contributed by atoms with Crippen molar-refractivity contribution in [2.75, 3.05) is 31.1 Å². The molecule has 2 fully saturated rings. The average Bonchev–Trinajstić information content (AvgIpc) is 3.46. The smallest absolute Gasteiger partial charge is 0.416 e. The van der Waals surface area contributed by atoms with Crippen molar-refractivity contribution in [2.45, 2.75) is 69.3 Å². The van der Waals surface area contributed by atoms with Gasteiger partial charge >= 0.3 is 12.4 Å². The summed E-state index contributed by atoms with van der Waals surface area (Å²) in [6, 6.07) is 16.0. The van der Waals surface area contributed by atoms with Crippen molar-refractivity contribution in [3.8, 4) is 11.5 Å². The minimum Gasteiger partial charge on any atom is -0.490 e. The Morgan fingerprint density at radius 2 is 1.41 bits per heavy atom. The molecular weight excluding hydrogens is 612 g/mol. The molecule has 1 atom stereocenters. The van der Waals surface area contributed by atoms with E-state index >= 15 is 0 Å². The normalized spacial score (nSPS) is 19.9. The van der Waals surface area contributed by atoms with Crippen molar-refractivity contribution in [2.24, 2.45) is 0 Å². The number of anilines is 1. The van der Waals surface area contributed by atoms with Gasteiger partial charge in [-0.3, -0.25) is 9.69 Å². The molecule has 3 aromatic carbocycles. The second-order valence-corrected chi connectivity index (χ2v) is 12.2. The zero-order valence-corrected chi connectivity index (χ0v) is 25.0. The van der Waals surface area contributed by atoms with Crippen LogP contribution in [-0.4, -0.2) is 55.2 Å². The number of ether oxygens (including phenoxy) is 2. The maximum absolute atomic E-state index is 13.1. The highest BCUT2D eigenvalue weighted by Crippen LogP contribution is 2.35. The number of alkyl halides is 6. The third-order valence-corrected chi connectivity index (χ3v) is 8.93. The molecule has 0 radical (unpaired) electrons. The van der Waals surface area contributed by atoms with E-state index in [1.54, 1.807) is 0 Å². The number of carbonyl (C=O) groups excluding carboxylic acids is 1. The van der Waals surface area contributed by atoms with E-state index in [0.29, 0.717) is 50.4 Å². The number of nitrogens with one attached hydrogen (secondary N) is 1. The number of rotatable bonds is 7. The van der Waals surface area contributed by atoms with Gasteiger partial charge < -0.3 is 19.7 Å². The van der Waals surface area contributed by atoms with Gasteiger partial charge in [0.05, 0.1) is 11.1 Å². The van der Waals surface area contributed by atoms with Gasteiger partial charge in [0.15, 0.2) is 6.10 Å². The van der Waals surface area contributed by atoms with Gasteiger partial charge in [0.1, 0.15) is 17.6 Å². The number of likely N-dealkylation sites (tertiary alicyclic amines) is 1. The first-order chi connectivity index (χ1) is 21.9. The first kappa shape index (κ1) is 32.0. The highest BCUT2D eigenvalue weighted by Gasteiger charge is 2.33. The Kier molecular flexibility index (Phi) is 9.09. The van der Waals surface area contributed by atoms with Crippen LogP contribution in [0.1, 0.15) is 47.9 Å². The molecule has 3 heterocycles. The second-order valence-electron chi connectivity index (χ2n) is 12.2. The minimum absolute atomic E-state index is 0.00370. The lowest BCUT2D eigenvalue weighted by Gasteiger charge is -2.34. The van der Waals surface area contributed by atoms with Crippen LogP contribution in [0, 0.1) is 0 Å². The lowest BCUT2D eigenvalue weighted by molar-refractivity contribution is -0.138. The van der Waals surface area contributed by atoms with Crippen molar-refractivity contribution >= 4 is 11.6 Å². The van der Waals surface area contributed by atoms with Crippen LogP contribution < -0.4 is 19.7 Å². The van der Waals surface area contributed by atoms with E-state index in [-0.39, 0.29) is 18.1 Å². The predicted octanol–water partition coefficient (Wildman–Crippen LogP) is 6.86. The number of hydrogen-bond donors (Lipinski definition) is 1. The van der Waals surface area contributed by atoms with Crippen LogP contribution in [0.2, 0.25) is 0 Å². The Bertz CT molecular complexity index is 1490. The molecule has 12 heteroatoms. The lowest BCUT2D eigenvalue weighted by atomic mass is 10.0. The van der Waals surface area contributed by atoms with E-state index in [9.17, 15) is 31.1 Å². The third-order valence-electron chi connectivity index (χ3n) is 8.93. The number of halogens is 6. The van der Waals surface area contributed by atoms with Crippen LogP contribution in [0.4, 0.5) is 32.0 Å². The van der Waals surface area contributed by atoms with Gasteiger partial charge in [0.2, 0.25) is 0 Å². The molecular formula is C34H35F6N3O3. The Hall–Kier alpha value is -3.93. The molecule has 1 amide bonds. The second kappa shape index (κ2) is 13.1. The quantitative estimate of drug-likeness (QED) is 0.284. The van der Waals surface area contributed by atoms with Gasteiger partial charge in [0.25, 0.3) is 5.91 Å². The average molecular weight is 648 g/mol. The van der Waals surface area contributed by atoms with Crippen molar-refractivity contribution in [3.63, 3.8) is 0 Å². The molecule has 3 aromatic rings. The fraction of sp³-hybridized carbons (Fsp3) is 0.441. The largest absolute Gasteiger partial charge is 0.490 e. The van der Waals surface area contributed by atoms with Crippen LogP contribution in [0.3, 0.4) is 0 Å². The molecule has 246 valence electrons. The summed E-state index contributed by atoms with van der Waals surface area (Å²) in [5.41, 5.74) is 1.18. The zero-order valence-electron chi connectivity index (χ0n) is 25.0. The molecule has 6 rings (SSSR count). The van der Waals surface area contributed by atoms with Crippen LogP contribution in [0.25, 0.3) is 0 Å². The molecule has 0 aliphatic carbocycles. The molecule has 3 aliphatic heterocycles. The van der Waals surface area contributed by atoms with Gasteiger partial charge in [-0.25, -0.2) is 0 Å². The third kappa shape index (κ3) is 7.71. The Morgan fingerprint density at radius 3 is 2.02 bits per heavy atom. The number of nitrogens with zero attached hydrogens (tertiary/aromatic N) is 2. The fourth-order valence-corrected chi connectivity index (χ4v) is 6.30. The van der Waals surface area contributed by atoms with Gasteiger partial charge in [-0.1, -0.05) is 18.2 Å². The number of hydrogen-bond acceptors (Lipinski definition) is 5. The molecule has 3 aliphatic rings. The molecule has 46 heavy (non-hydrogen) atoms. The van der Waals surface area contributed by atoms with E-state index in [2.05, 4.69) is 15.1 Å². The van der Waals surface area contributed by atoms with Crippen molar-refractivity contribution < 1.29 is 40.6 Å². The number of piperidine rings is 2. The monoisotopic (exact) mass is 647 g/mol. The van der Waals surface area contributed by atoms with Crippen LogP contribution in [0.15, 0.2) is 66.7 Å². The molecule has 0 spiro atoms. The van der Waals surface area contributed by atoms with E-state index in [4.69, 9.17) is 9.47 Å². The van der Waals surface area contributed by atoms with Gasteiger partial charge in [-0.2, -0.15) is 26.3 Å². The molecule has 2 saturated heterocycles. The van der Waals surface area contributed by atoms with Crippen LogP contribution in [0.5, 0.6) is 11.5 Å². The van der Waals surface area contributed by atoms with E-state index in [1.807, 2.05) is 18.2 Å². The van der Waals surface area contributed by atoms with E-state index in [1.165, 1.54) is 24.3 Å². The number of benzene rings is 3. The maximum atomic E-state index is 13.1. The van der Waals surface area contributed by atoms with Gasteiger partial charge in [-0.05, 0) is 66.4 Å². The summed E-state index contributed by atoms with van der Waals surface area (Å²) < 4.78 is 89.3. The zero-order chi connectivity index (χ0) is 32.5. The lowest BCUT2D eigenvalue weighted by Crippen LogP contribution is -2.48. The standard InChI is InChI=1S/C34H35F6N3O3/c35-33(36,37)24-4-1-22(2-5-24)21-42-15-11-26(12-16-42)41-32(44)31-19-23-3-10-29(20-30(23)46-31)45-28-13-17-43(18-14-28)27-8-6-25(7-9-27)34(38,39)40/h1-10,20,26,28,31H,11-19,21H2,(H,41,44). The molecule has 0 aromatic heterocycles. The Balaban J connectivity index is 0.931. The van der Waals surface area contributed by atoms with E-state index in [0.717, 1.165) is 67.0 Å². The molecule has 0 bridgehead atoms. The molecule has 0 saturated carbocycles. The predicted molar refractivity (Wildman–Crippen MR) is 160 cm³/mol. The first-order valence-electron chi connectivity index (χ1n) is 15.5. The summed E-state index contributed by atoms with van der Waals surface area (Å²) in [6.45, 7) is 3.33. The molecule has 1 N–H and O–H groups in total. The van der Waals surface area contributed by atoms with Crippen LogP contribution >= 0.6 is 0 Å². The van der Waals surface area contributed by atoms with Crippen molar-refractivity contribution in [1.82, 2.24) is 10.2 Å². The summed E-state index contributed by atoms with van der Waals surface area (Å²) in [5.74, 6) is 1.09. The summed E-state index contributed by atoms with van der Waals surface area (Å²) in [6.07, 6.45) is -6.02. The van der Waals surface area contributed by atoms with Crippen molar-refractivity contribution in [3.05, 3.63) is 89.0 Å². The highest BCUT2D eigenvalue weighted by molar-refractivity contribution is 5.82. The van der Waals surface area contributed by atoms with Crippen molar-refractivity contribution in [1.29, 1.82) is 0 Å². The first-order valence-corrected chi connectivity index (χ1v) is 15.5. The summed E-state index contributed by atoms with van der Waals surface area (Å²) >= 11 is 0. The Labute approximate surface area is 263 Å². The van der Waals surface area contributed by atoms with E-state index < -0.39 is 29.6 Å².